The molecule has 0 atom stereocenters. The van der Waals surface area contributed by atoms with Crippen LogP contribution in [0.25, 0.3) is 27.5 Å². The van der Waals surface area contributed by atoms with Gasteiger partial charge < -0.3 is 4.57 Å². The summed E-state index contributed by atoms with van der Waals surface area (Å²) >= 11 is 0. The molecule has 0 aliphatic carbocycles. The highest BCUT2D eigenvalue weighted by molar-refractivity contribution is 6.09. The van der Waals surface area contributed by atoms with E-state index in [9.17, 15) is 0 Å². The summed E-state index contributed by atoms with van der Waals surface area (Å²) in [6.45, 7) is 2.22. The Morgan fingerprint density at radius 3 is 1.77 bits per heavy atom. The molecule has 0 N–H and O–H groups in total. The molecule has 0 amide bonds. The van der Waals surface area contributed by atoms with Crippen LogP contribution in [0.2, 0.25) is 0 Å². The molecule has 0 unspecified atom stereocenters. The van der Waals surface area contributed by atoms with E-state index in [1.807, 2.05) is 0 Å². The van der Waals surface area contributed by atoms with Crippen LogP contribution >= 0.6 is 0 Å². The number of hydrogen-bond donors (Lipinski definition) is 0. The number of aryl methyl sites for hydroxylation is 1. The SMILES string of the molecule is CCCc1ccc(-n2c3ccccc3c3ccccc32)cc1. The quantitative estimate of drug-likeness (QED) is 0.452. The number of nitrogens with zero attached hydrogens (tertiary/aromatic N) is 1. The number of para-hydroxylation sites is 2. The second kappa shape index (κ2) is 5.34. The lowest BCUT2D eigenvalue weighted by molar-refractivity contribution is 0.921. The lowest BCUT2D eigenvalue weighted by Gasteiger charge is -2.08. The van der Waals surface area contributed by atoms with Crippen molar-refractivity contribution in [2.75, 3.05) is 0 Å². The number of rotatable bonds is 3. The van der Waals surface area contributed by atoms with E-state index in [0.717, 1.165) is 6.42 Å². The zero-order valence-corrected chi connectivity index (χ0v) is 12.8. The van der Waals surface area contributed by atoms with Gasteiger partial charge >= 0.3 is 0 Å². The van der Waals surface area contributed by atoms with E-state index in [2.05, 4.69) is 84.3 Å². The Balaban J connectivity index is 1.99. The molecule has 4 rings (SSSR count). The van der Waals surface area contributed by atoms with Gasteiger partial charge in [0.05, 0.1) is 11.0 Å². The highest BCUT2D eigenvalue weighted by atomic mass is 15.0. The van der Waals surface area contributed by atoms with E-state index in [0.29, 0.717) is 0 Å². The predicted octanol–water partition coefficient (Wildman–Crippen LogP) is 5.74. The van der Waals surface area contributed by atoms with Crippen molar-refractivity contribution >= 4 is 21.8 Å². The van der Waals surface area contributed by atoms with Crippen molar-refractivity contribution in [1.82, 2.24) is 4.57 Å². The molecule has 1 heterocycles. The minimum atomic E-state index is 1.15. The zero-order chi connectivity index (χ0) is 14.9. The van der Waals surface area contributed by atoms with Gasteiger partial charge in [0.2, 0.25) is 0 Å². The molecule has 0 spiro atoms. The highest BCUT2D eigenvalue weighted by Crippen LogP contribution is 2.31. The molecule has 4 aromatic rings. The number of fused-ring (bicyclic) bond motifs is 3. The predicted molar refractivity (Wildman–Crippen MR) is 94.8 cm³/mol. The van der Waals surface area contributed by atoms with Gasteiger partial charge in [-0.05, 0) is 36.2 Å². The van der Waals surface area contributed by atoms with Crippen molar-refractivity contribution in [2.45, 2.75) is 19.8 Å². The maximum Gasteiger partial charge on any atom is 0.0541 e. The maximum absolute atomic E-state index is 2.36. The Hall–Kier alpha value is -2.54. The van der Waals surface area contributed by atoms with Gasteiger partial charge in [-0.3, -0.25) is 0 Å². The molecule has 22 heavy (non-hydrogen) atoms. The topological polar surface area (TPSA) is 4.93 Å². The van der Waals surface area contributed by atoms with E-state index in [4.69, 9.17) is 0 Å². The average molecular weight is 285 g/mol. The van der Waals surface area contributed by atoms with Crippen LogP contribution < -0.4 is 0 Å². The summed E-state index contributed by atoms with van der Waals surface area (Å²) in [4.78, 5) is 0. The summed E-state index contributed by atoms with van der Waals surface area (Å²) in [6, 6.07) is 26.3. The molecule has 0 bridgehead atoms. The number of hydrogen-bond acceptors (Lipinski definition) is 0. The summed E-state index contributed by atoms with van der Waals surface area (Å²) in [5, 5.41) is 2.63. The van der Waals surface area contributed by atoms with E-state index in [1.54, 1.807) is 0 Å². The largest absolute Gasteiger partial charge is 0.309 e. The fourth-order valence-corrected chi connectivity index (χ4v) is 3.30. The smallest absolute Gasteiger partial charge is 0.0541 e. The average Bonchev–Trinajstić information content (AvgIpc) is 2.91. The van der Waals surface area contributed by atoms with Crippen molar-refractivity contribution in [3.05, 3.63) is 78.4 Å². The first-order valence-electron chi connectivity index (χ1n) is 7.96. The minimum absolute atomic E-state index is 1.15. The lowest BCUT2D eigenvalue weighted by atomic mass is 10.1. The molecule has 0 saturated heterocycles. The molecule has 0 fully saturated rings. The minimum Gasteiger partial charge on any atom is -0.309 e. The van der Waals surface area contributed by atoms with Gasteiger partial charge in [0.15, 0.2) is 0 Å². The van der Waals surface area contributed by atoms with Crippen molar-refractivity contribution in [3.63, 3.8) is 0 Å². The molecule has 1 nitrogen and oxygen atoms in total. The normalized spacial score (nSPS) is 11.3. The first-order chi connectivity index (χ1) is 10.9. The summed E-state index contributed by atoms with van der Waals surface area (Å²) < 4.78 is 2.36. The van der Waals surface area contributed by atoms with Crippen molar-refractivity contribution in [2.24, 2.45) is 0 Å². The number of aromatic nitrogens is 1. The van der Waals surface area contributed by atoms with Crippen LogP contribution in [-0.2, 0) is 6.42 Å². The van der Waals surface area contributed by atoms with Crippen molar-refractivity contribution in [3.8, 4) is 5.69 Å². The third-order valence-corrected chi connectivity index (χ3v) is 4.31. The Morgan fingerprint density at radius 1 is 0.682 bits per heavy atom. The van der Waals surface area contributed by atoms with Crippen LogP contribution in [0.15, 0.2) is 72.8 Å². The Bertz CT molecular complexity index is 876. The Labute approximate surface area is 130 Å². The van der Waals surface area contributed by atoms with Crippen LogP contribution in [-0.4, -0.2) is 4.57 Å². The Morgan fingerprint density at radius 2 is 1.23 bits per heavy atom. The molecule has 3 aromatic carbocycles. The van der Waals surface area contributed by atoms with Crippen LogP contribution in [0.4, 0.5) is 0 Å². The molecule has 0 saturated carbocycles. The van der Waals surface area contributed by atoms with Gasteiger partial charge in [-0.25, -0.2) is 0 Å². The highest BCUT2D eigenvalue weighted by Gasteiger charge is 2.10. The molecule has 0 radical (unpaired) electrons. The summed E-state index contributed by atoms with van der Waals surface area (Å²) in [6.07, 6.45) is 2.34. The lowest BCUT2D eigenvalue weighted by Crippen LogP contribution is -1.94. The van der Waals surface area contributed by atoms with E-state index < -0.39 is 0 Å². The van der Waals surface area contributed by atoms with Crippen LogP contribution in [0.5, 0.6) is 0 Å². The Kier molecular flexibility index (Phi) is 3.19. The molecule has 0 aliphatic rings. The third kappa shape index (κ3) is 2.01. The van der Waals surface area contributed by atoms with Gasteiger partial charge in [0.25, 0.3) is 0 Å². The molecular weight excluding hydrogens is 266 g/mol. The summed E-state index contributed by atoms with van der Waals surface area (Å²) in [5.74, 6) is 0. The fourth-order valence-electron chi connectivity index (χ4n) is 3.30. The molecule has 108 valence electrons. The number of benzene rings is 3. The maximum atomic E-state index is 2.36. The van der Waals surface area contributed by atoms with Gasteiger partial charge in [-0.2, -0.15) is 0 Å². The van der Waals surface area contributed by atoms with Gasteiger partial charge in [0.1, 0.15) is 0 Å². The van der Waals surface area contributed by atoms with Crippen molar-refractivity contribution in [1.29, 1.82) is 0 Å². The molecule has 0 aliphatic heterocycles. The second-order valence-electron chi connectivity index (χ2n) is 5.79. The first-order valence-corrected chi connectivity index (χ1v) is 7.96. The van der Waals surface area contributed by atoms with Gasteiger partial charge in [-0.15, -0.1) is 0 Å². The van der Waals surface area contributed by atoms with Gasteiger partial charge in [-0.1, -0.05) is 61.9 Å². The summed E-state index contributed by atoms with van der Waals surface area (Å²) in [5.41, 5.74) is 5.18. The second-order valence-corrected chi connectivity index (χ2v) is 5.79. The monoisotopic (exact) mass is 285 g/mol. The third-order valence-electron chi connectivity index (χ3n) is 4.31. The van der Waals surface area contributed by atoms with Crippen LogP contribution in [0.1, 0.15) is 18.9 Å². The molecular formula is C21H19N. The van der Waals surface area contributed by atoms with Crippen molar-refractivity contribution < 1.29 is 0 Å². The van der Waals surface area contributed by atoms with E-state index in [-0.39, 0.29) is 0 Å². The first kappa shape index (κ1) is 13.1. The van der Waals surface area contributed by atoms with E-state index >= 15 is 0 Å². The standard InChI is InChI=1S/C21H19N/c1-2-7-16-12-14-17(15-13-16)22-20-10-5-3-8-18(20)19-9-4-6-11-21(19)22/h3-6,8-15H,2,7H2,1H3. The fraction of sp³-hybridized carbons (Fsp3) is 0.143. The summed E-state index contributed by atoms with van der Waals surface area (Å²) in [7, 11) is 0. The molecule has 1 heteroatoms. The van der Waals surface area contributed by atoms with Crippen LogP contribution in [0.3, 0.4) is 0 Å². The van der Waals surface area contributed by atoms with Crippen LogP contribution in [0, 0.1) is 0 Å². The van der Waals surface area contributed by atoms with Gasteiger partial charge in [0, 0.05) is 16.5 Å². The molecule has 1 aromatic heterocycles. The zero-order valence-electron chi connectivity index (χ0n) is 12.8. The van der Waals surface area contributed by atoms with E-state index in [1.165, 1.54) is 39.5 Å².